The molecule has 1 aromatic carbocycles. The van der Waals surface area contributed by atoms with Crippen molar-refractivity contribution in [1.82, 2.24) is 9.97 Å². The molecule has 3 rings (SSSR count). The van der Waals surface area contributed by atoms with E-state index in [-0.39, 0.29) is 0 Å². The molecule has 1 fully saturated rings. The monoisotopic (exact) mass is 342 g/mol. The van der Waals surface area contributed by atoms with E-state index < -0.39 is 0 Å². The molecule has 0 atom stereocenters. The van der Waals surface area contributed by atoms with Crippen LogP contribution in [-0.4, -0.2) is 36.8 Å². The second-order valence-electron chi connectivity index (χ2n) is 6.26. The van der Waals surface area contributed by atoms with Gasteiger partial charge in [0.05, 0.1) is 14.2 Å². The summed E-state index contributed by atoms with van der Waals surface area (Å²) >= 11 is 0. The number of hydrogen-bond acceptors (Lipinski definition) is 6. The van der Waals surface area contributed by atoms with Crippen molar-refractivity contribution in [3.63, 3.8) is 0 Å². The first kappa shape index (κ1) is 17.3. The lowest BCUT2D eigenvalue weighted by atomic mass is 10.1. The van der Waals surface area contributed by atoms with Gasteiger partial charge in [-0.3, -0.25) is 0 Å². The molecule has 1 aliphatic carbocycles. The minimum absolute atomic E-state index is 0.550. The van der Waals surface area contributed by atoms with Crippen LogP contribution in [-0.2, 0) is 6.42 Å². The number of nitrogens with one attached hydrogen (secondary N) is 2. The van der Waals surface area contributed by atoms with Gasteiger partial charge in [0.25, 0.3) is 0 Å². The zero-order valence-electron chi connectivity index (χ0n) is 14.9. The molecule has 0 spiro atoms. The molecule has 25 heavy (non-hydrogen) atoms. The summed E-state index contributed by atoms with van der Waals surface area (Å²) in [6.07, 6.45) is 7.71. The molecule has 6 heteroatoms. The van der Waals surface area contributed by atoms with E-state index in [9.17, 15) is 0 Å². The lowest BCUT2D eigenvalue weighted by Crippen LogP contribution is -2.16. The van der Waals surface area contributed by atoms with Crippen LogP contribution in [0.5, 0.6) is 11.5 Å². The van der Waals surface area contributed by atoms with E-state index in [1.807, 2.05) is 24.3 Å². The Morgan fingerprint density at radius 2 is 1.88 bits per heavy atom. The Morgan fingerprint density at radius 3 is 2.64 bits per heavy atom. The maximum absolute atomic E-state index is 5.34. The highest BCUT2D eigenvalue weighted by Crippen LogP contribution is 2.27. The summed E-state index contributed by atoms with van der Waals surface area (Å²) in [7, 11) is 3.29. The molecule has 0 unspecified atom stereocenters. The first-order chi connectivity index (χ1) is 12.3. The van der Waals surface area contributed by atoms with E-state index in [0.29, 0.717) is 12.0 Å². The Morgan fingerprint density at radius 1 is 1.08 bits per heavy atom. The van der Waals surface area contributed by atoms with Crippen molar-refractivity contribution in [3.8, 4) is 11.5 Å². The van der Waals surface area contributed by atoms with Crippen LogP contribution in [0.2, 0.25) is 0 Å². The molecule has 0 aliphatic heterocycles. The normalized spacial score (nSPS) is 14.3. The second kappa shape index (κ2) is 8.55. The minimum Gasteiger partial charge on any atom is -0.493 e. The third kappa shape index (κ3) is 4.75. The number of hydrogen-bond donors (Lipinski definition) is 2. The Bertz CT molecular complexity index is 687. The Labute approximate surface area is 149 Å². The van der Waals surface area contributed by atoms with Gasteiger partial charge < -0.3 is 20.1 Å². The highest BCUT2D eigenvalue weighted by molar-refractivity contribution is 5.43. The molecule has 1 saturated carbocycles. The average Bonchev–Trinajstić information content (AvgIpc) is 3.15. The minimum atomic E-state index is 0.550. The van der Waals surface area contributed by atoms with E-state index in [1.54, 1.807) is 20.4 Å². The first-order valence-corrected chi connectivity index (χ1v) is 8.83. The zero-order chi connectivity index (χ0) is 17.5. The van der Waals surface area contributed by atoms with E-state index in [0.717, 1.165) is 30.3 Å². The van der Waals surface area contributed by atoms with Gasteiger partial charge in [-0.15, -0.1) is 0 Å². The summed E-state index contributed by atoms with van der Waals surface area (Å²) in [6, 6.07) is 8.45. The van der Waals surface area contributed by atoms with Gasteiger partial charge in [-0.05, 0) is 43.0 Å². The Hall–Kier alpha value is -2.50. The van der Waals surface area contributed by atoms with Crippen molar-refractivity contribution in [3.05, 3.63) is 36.0 Å². The van der Waals surface area contributed by atoms with E-state index in [4.69, 9.17) is 9.47 Å². The third-order valence-corrected chi connectivity index (χ3v) is 4.51. The number of aromatic nitrogens is 2. The van der Waals surface area contributed by atoms with Crippen molar-refractivity contribution < 1.29 is 9.47 Å². The van der Waals surface area contributed by atoms with Crippen molar-refractivity contribution in [2.45, 2.75) is 38.1 Å². The van der Waals surface area contributed by atoms with Crippen molar-refractivity contribution >= 4 is 11.8 Å². The maximum atomic E-state index is 5.34. The molecular weight excluding hydrogens is 316 g/mol. The van der Waals surface area contributed by atoms with Crippen molar-refractivity contribution in [2.24, 2.45) is 0 Å². The van der Waals surface area contributed by atoms with Crippen LogP contribution < -0.4 is 20.1 Å². The van der Waals surface area contributed by atoms with Crippen LogP contribution in [0.1, 0.15) is 31.2 Å². The number of methoxy groups -OCH3 is 2. The van der Waals surface area contributed by atoms with Crippen LogP contribution in [0.15, 0.2) is 30.5 Å². The lowest BCUT2D eigenvalue weighted by Gasteiger charge is -2.13. The van der Waals surface area contributed by atoms with Crippen molar-refractivity contribution in [1.29, 1.82) is 0 Å². The Balaban J connectivity index is 1.53. The molecule has 0 bridgehead atoms. The van der Waals surface area contributed by atoms with Gasteiger partial charge in [0.2, 0.25) is 5.95 Å². The first-order valence-electron chi connectivity index (χ1n) is 8.83. The van der Waals surface area contributed by atoms with Crippen LogP contribution in [0.4, 0.5) is 11.8 Å². The summed E-state index contributed by atoms with van der Waals surface area (Å²) in [5, 5.41) is 6.79. The summed E-state index contributed by atoms with van der Waals surface area (Å²) in [6.45, 7) is 0.752. The number of nitrogens with zero attached hydrogens (tertiary/aromatic N) is 2. The molecule has 1 aliphatic rings. The molecule has 6 nitrogen and oxygen atoms in total. The van der Waals surface area contributed by atoms with Gasteiger partial charge in [0.1, 0.15) is 5.82 Å². The number of benzene rings is 1. The molecule has 2 aromatic rings. The smallest absolute Gasteiger partial charge is 0.224 e. The molecule has 0 radical (unpaired) electrons. The SMILES string of the molecule is COc1ccc(CCNc2nccc(NC3CCCC3)n2)cc1OC. The van der Waals surface area contributed by atoms with Crippen LogP contribution in [0.25, 0.3) is 0 Å². The highest BCUT2D eigenvalue weighted by Gasteiger charge is 2.15. The van der Waals surface area contributed by atoms with Gasteiger partial charge in [-0.2, -0.15) is 4.98 Å². The predicted octanol–water partition coefficient (Wildman–Crippen LogP) is 3.50. The summed E-state index contributed by atoms with van der Waals surface area (Å²) in [5.41, 5.74) is 1.17. The molecule has 2 N–H and O–H groups in total. The molecule has 1 heterocycles. The topological polar surface area (TPSA) is 68.3 Å². The molecule has 0 amide bonds. The fraction of sp³-hybridized carbons (Fsp3) is 0.474. The van der Waals surface area contributed by atoms with Crippen LogP contribution >= 0.6 is 0 Å². The summed E-state index contributed by atoms with van der Waals surface area (Å²) < 4.78 is 10.6. The number of anilines is 2. The van der Waals surface area contributed by atoms with Crippen molar-refractivity contribution in [2.75, 3.05) is 31.4 Å². The molecule has 0 saturated heterocycles. The molecule has 134 valence electrons. The second-order valence-corrected chi connectivity index (χ2v) is 6.26. The van der Waals surface area contributed by atoms with Gasteiger partial charge in [0, 0.05) is 18.8 Å². The zero-order valence-corrected chi connectivity index (χ0v) is 14.9. The summed E-state index contributed by atoms with van der Waals surface area (Å²) in [4.78, 5) is 8.85. The fourth-order valence-electron chi connectivity index (χ4n) is 3.16. The number of ether oxygens (including phenoxy) is 2. The molecular formula is C19H26N4O2. The van der Waals surface area contributed by atoms with Gasteiger partial charge in [0.15, 0.2) is 11.5 Å². The quantitative estimate of drug-likeness (QED) is 0.765. The van der Waals surface area contributed by atoms with Gasteiger partial charge >= 0.3 is 0 Å². The maximum Gasteiger partial charge on any atom is 0.224 e. The Kier molecular flexibility index (Phi) is 5.93. The molecule has 1 aromatic heterocycles. The summed E-state index contributed by atoms with van der Waals surface area (Å²) in [5.74, 6) is 3.05. The van der Waals surface area contributed by atoms with Crippen LogP contribution in [0, 0.1) is 0 Å². The fourth-order valence-corrected chi connectivity index (χ4v) is 3.16. The van der Waals surface area contributed by atoms with Gasteiger partial charge in [-0.1, -0.05) is 18.9 Å². The average molecular weight is 342 g/mol. The van der Waals surface area contributed by atoms with Gasteiger partial charge in [-0.25, -0.2) is 4.98 Å². The van der Waals surface area contributed by atoms with E-state index in [2.05, 4.69) is 20.6 Å². The largest absolute Gasteiger partial charge is 0.493 e. The van der Waals surface area contributed by atoms with E-state index >= 15 is 0 Å². The highest BCUT2D eigenvalue weighted by atomic mass is 16.5. The van der Waals surface area contributed by atoms with Crippen LogP contribution in [0.3, 0.4) is 0 Å². The lowest BCUT2D eigenvalue weighted by molar-refractivity contribution is 0.354. The number of rotatable bonds is 8. The van der Waals surface area contributed by atoms with E-state index in [1.165, 1.54) is 31.2 Å². The standard InChI is InChI=1S/C19H26N4O2/c1-24-16-8-7-14(13-17(16)25-2)9-11-20-19-21-12-10-18(23-19)22-15-5-3-4-6-15/h7-8,10,12-13,15H,3-6,9,11H2,1-2H3,(H2,20,21,22,23). The predicted molar refractivity (Wildman–Crippen MR) is 99.7 cm³/mol. The third-order valence-electron chi connectivity index (χ3n) is 4.51.